The van der Waals surface area contributed by atoms with E-state index >= 15 is 0 Å². The molecule has 0 radical (unpaired) electrons. The number of benzene rings is 2. The molecule has 29 heavy (non-hydrogen) atoms. The second-order valence-corrected chi connectivity index (χ2v) is 8.74. The van der Waals surface area contributed by atoms with E-state index in [0.29, 0.717) is 11.4 Å². The Morgan fingerprint density at radius 3 is 2.41 bits per heavy atom. The van der Waals surface area contributed by atoms with Crippen LogP contribution in [0.5, 0.6) is 5.75 Å². The number of methoxy groups -OCH3 is 1. The molecular formula is C23H28N2O3S. The first kappa shape index (κ1) is 21.2. The Morgan fingerprint density at radius 2 is 1.72 bits per heavy atom. The number of thioether (sulfide) groups is 1. The van der Waals surface area contributed by atoms with Crippen molar-refractivity contribution in [2.75, 3.05) is 17.7 Å². The van der Waals surface area contributed by atoms with Crippen LogP contribution in [0.1, 0.15) is 39.0 Å². The Bertz CT molecular complexity index is 832. The second-order valence-electron chi connectivity index (χ2n) is 7.33. The van der Waals surface area contributed by atoms with E-state index in [4.69, 9.17) is 4.74 Å². The van der Waals surface area contributed by atoms with Gasteiger partial charge in [-0.05, 0) is 56.2 Å². The highest BCUT2D eigenvalue weighted by Gasteiger charge is 2.21. The summed E-state index contributed by atoms with van der Waals surface area (Å²) in [5.41, 5.74) is 1.51. The Morgan fingerprint density at radius 1 is 1.00 bits per heavy atom. The van der Waals surface area contributed by atoms with E-state index in [1.54, 1.807) is 13.2 Å². The van der Waals surface area contributed by atoms with Gasteiger partial charge in [-0.25, -0.2) is 0 Å². The minimum atomic E-state index is -0.260. The molecule has 1 aliphatic carbocycles. The Balaban J connectivity index is 1.51. The molecule has 0 bridgehead atoms. The number of rotatable bonds is 7. The molecule has 1 atom stereocenters. The van der Waals surface area contributed by atoms with Gasteiger partial charge in [-0.15, -0.1) is 11.8 Å². The predicted octanol–water partition coefficient (Wildman–Crippen LogP) is 5.33. The molecule has 2 N–H and O–H groups in total. The first-order chi connectivity index (χ1) is 14.0. The van der Waals surface area contributed by atoms with Crippen molar-refractivity contribution in [3.05, 3.63) is 48.5 Å². The molecule has 2 aromatic rings. The summed E-state index contributed by atoms with van der Waals surface area (Å²) in [6.45, 7) is 1.87. The van der Waals surface area contributed by atoms with Gasteiger partial charge in [0, 0.05) is 28.3 Å². The van der Waals surface area contributed by atoms with Gasteiger partial charge < -0.3 is 15.4 Å². The standard InChI is InChI=1S/C23H28N2O3S/c1-16(22(26)25-19-9-6-10-20(15-19)28-2)29-21-13-11-18(12-14-21)24-23(27)17-7-4-3-5-8-17/h6,9-17H,3-5,7-8H2,1-2H3,(H,24,27)(H,25,26). The first-order valence-corrected chi connectivity index (χ1v) is 11.0. The second kappa shape index (κ2) is 10.3. The highest BCUT2D eigenvalue weighted by atomic mass is 32.2. The molecular weight excluding hydrogens is 384 g/mol. The molecule has 0 saturated heterocycles. The van der Waals surface area contributed by atoms with Crippen molar-refractivity contribution in [2.45, 2.75) is 49.2 Å². The SMILES string of the molecule is COc1cccc(NC(=O)C(C)Sc2ccc(NC(=O)C3CCCCC3)cc2)c1. The highest BCUT2D eigenvalue weighted by molar-refractivity contribution is 8.00. The third kappa shape index (κ3) is 6.26. The zero-order valence-corrected chi connectivity index (χ0v) is 17.8. The molecule has 3 rings (SSSR count). The van der Waals surface area contributed by atoms with Crippen molar-refractivity contribution in [2.24, 2.45) is 5.92 Å². The Kier molecular flexibility index (Phi) is 7.58. The van der Waals surface area contributed by atoms with Crippen LogP contribution in [0, 0.1) is 5.92 Å². The van der Waals surface area contributed by atoms with Crippen LogP contribution < -0.4 is 15.4 Å². The monoisotopic (exact) mass is 412 g/mol. The third-order valence-corrected chi connectivity index (χ3v) is 6.23. The summed E-state index contributed by atoms with van der Waals surface area (Å²) in [6.07, 6.45) is 5.49. The van der Waals surface area contributed by atoms with Gasteiger partial charge in [-0.2, -0.15) is 0 Å². The van der Waals surface area contributed by atoms with E-state index in [1.807, 2.05) is 49.4 Å². The van der Waals surface area contributed by atoms with Gasteiger partial charge in [-0.3, -0.25) is 9.59 Å². The summed E-state index contributed by atoms with van der Waals surface area (Å²) < 4.78 is 5.18. The van der Waals surface area contributed by atoms with Crippen LogP contribution in [0.4, 0.5) is 11.4 Å². The van der Waals surface area contributed by atoms with Crippen molar-refractivity contribution in [3.8, 4) is 5.75 Å². The highest BCUT2D eigenvalue weighted by Crippen LogP contribution is 2.28. The number of hydrogen-bond donors (Lipinski definition) is 2. The number of anilines is 2. The van der Waals surface area contributed by atoms with Gasteiger partial charge >= 0.3 is 0 Å². The lowest BCUT2D eigenvalue weighted by molar-refractivity contribution is -0.120. The summed E-state index contributed by atoms with van der Waals surface area (Å²) in [5, 5.41) is 5.67. The lowest BCUT2D eigenvalue weighted by Gasteiger charge is -2.20. The molecule has 2 amide bonds. The summed E-state index contributed by atoms with van der Waals surface area (Å²) in [6, 6.07) is 15.0. The number of carbonyl (C=O) groups excluding carboxylic acids is 2. The summed E-state index contributed by atoms with van der Waals surface area (Å²) in [5.74, 6) is 0.890. The van der Waals surface area contributed by atoms with Crippen LogP contribution >= 0.6 is 11.8 Å². The van der Waals surface area contributed by atoms with Crippen molar-refractivity contribution >= 4 is 35.0 Å². The lowest BCUT2D eigenvalue weighted by Crippen LogP contribution is -2.24. The molecule has 2 aromatic carbocycles. The minimum absolute atomic E-state index is 0.0714. The van der Waals surface area contributed by atoms with Crippen molar-refractivity contribution < 1.29 is 14.3 Å². The number of hydrogen-bond acceptors (Lipinski definition) is 4. The number of ether oxygens (including phenoxy) is 1. The maximum atomic E-state index is 12.5. The topological polar surface area (TPSA) is 67.4 Å². The fourth-order valence-electron chi connectivity index (χ4n) is 3.43. The predicted molar refractivity (Wildman–Crippen MR) is 119 cm³/mol. The molecule has 1 fully saturated rings. The van der Waals surface area contributed by atoms with E-state index in [2.05, 4.69) is 10.6 Å². The zero-order chi connectivity index (χ0) is 20.6. The van der Waals surface area contributed by atoms with Crippen LogP contribution in [0.3, 0.4) is 0 Å². The summed E-state index contributed by atoms with van der Waals surface area (Å²) in [4.78, 5) is 25.8. The number of amides is 2. The summed E-state index contributed by atoms with van der Waals surface area (Å²) >= 11 is 1.48. The maximum Gasteiger partial charge on any atom is 0.237 e. The van der Waals surface area contributed by atoms with Gasteiger partial charge in [0.2, 0.25) is 11.8 Å². The summed E-state index contributed by atoms with van der Waals surface area (Å²) in [7, 11) is 1.60. The third-order valence-electron chi connectivity index (χ3n) is 5.12. The van der Waals surface area contributed by atoms with E-state index in [-0.39, 0.29) is 23.0 Å². The minimum Gasteiger partial charge on any atom is -0.497 e. The average molecular weight is 413 g/mol. The van der Waals surface area contributed by atoms with E-state index in [9.17, 15) is 9.59 Å². The maximum absolute atomic E-state index is 12.5. The van der Waals surface area contributed by atoms with Crippen molar-refractivity contribution in [3.63, 3.8) is 0 Å². The van der Waals surface area contributed by atoms with Crippen molar-refractivity contribution in [1.29, 1.82) is 0 Å². The molecule has 0 heterocycles. The normalized spacial score (nSPS) is 15.4. The molecule has 6 heteroatoms. The van der Waals surface area contributed by atoms with Gasteiger partial charge in [0.05, 0.1) is 12.4 Å². The number of nitrogens with one attached hydrogen (secondary N) is 2. The molecule has 1 unspecified atom stereocenters. The largest absolute Gasteiger partial charge is 0.497 e. The molecule has 0 spiro atoms. The molecule has 1 aliphatic rings. The molecule has 1 saturated carbocycles. The molecule has 0 aromatic heterocycles. The van der Waals surface area contributed by atoms with Crippen LogP contribution in [0.25, 0.3) is 0 Å². The first-order valence-electron chi connectivity index (χ1n) is 10.1. The smallest absolute Gasteiger partial charge is 0.237 e. The van der Waals surface area contributed by atoms with Crippen molar-refractivity contribution in [1.82, 2.24) is 0 Å². The van der Waals surface area contributed by atoms with Gasteiger partial charge in [0.15, 0.2) is 0 Å². The molecule has 0 aliphatic heterocycles. The number of carbonyl (C=O) groups is 2. The average Bonchev–Trinajstić information content (AvgIpc) is 2.75. The van der Waals surface area contributed by atoms with Gasteiger partial charge in [0.1, 0.15) is 5.75 Å². The Hall–Kier alpha value is -2.47. The van der Waals surface area contributed by atoms with Gasteiger partial charge in [-0.1, -0.05) is 25.3 Å². The van der Waals surface area contributed by atoms with Gasteiger partial charge in [0.25, 0.3) is 0 Å². The quantitative estimate of drug-likeness (QED) is 0.603. The van der Waals surface area contributed by atoms with E-state index < -0.39 is 0 Å². The van der Waals surface area contributed by atoms with Crippen LogP contribution in [-0.2, 0) is 9.59 Å². The molecule has 5 nitrogen and oxygen atoms in total. The molecule has 154 valence electrons. The fourth-order valence-corrected chi connectivity index (χ4v) is 4.30. The Labute approximate surface area is 176 Å². The lowest BCUT2D eigenvalue weighted by atomic mass is 9.88. The van der Waals surface area contributed by atoms with E-state index in [0.717, 1.165) is 36.3 Å². The van der Waals surface area contributed by atoms with E-state index in [1.165, 1.54) is 18.2 Å². The zero-order valence-electron chi connectivity index (χ0n) is 16.9. The fraction of sp³-hybridized carbons (Fsp3) is 0.391. The van der Waals surface area contributed by atoms with Crippen LogP contribution in [0.15, 0.2) is 53.4 Å². The van der Waals surface area contributed by atoms with Crippen LogP contribution in [0.2, 0.25) is 0 Å². The van der Waals surface area contributed by atoms with Crippen LogP contribution in [-0.4, -0.2) is 24.2 Å².